The Kier molecular flexibility index (Phi) is 17.1. The molecule has 4 aliphatic rings. The molecule has 4 aromatic carbocycles. The van der Waals surface area contributed by atoms with E-state index in [1.807, 2.05) is 66.7 Å². The van der Waals surface area contributed by atoms with Gasteiger partial charge in [-0.15, -0.1) is 11.3 Å². The van der Waals surface area contributed by atoms with Gasteiger partial charge >= 0.3 is 0 Å². The fraction of sp³-hybridized carbons (Fsp3) is 0.383. The number of amides is 8. The van der Waals surface area contributed by atoms with Crippen LogP contribution in [0, 0.1) is 11.8 Å². The van der Waals surface area contributed by atoms with Gasteiger partial charge in [0.15, 0.2) is 5.78 Å². The van der Waals surface area contributed by atoms with E-state index >= 15 is 0 Å². The molecule has 16 nitrogen and oxygen atoms in total. The smallest absolute Gasteiger partial charge is 0.270 e. The summed E-state index contributed by atoms with van der Waals surface area (Å²) >= 11 is 1.06. The molecule has 5 atom stereocenters. The lowest BCUT2D eigenvalue weighted by atomic mass is 9.85. The number of rotatable bonds is 19. The normalized spacial score (nSPS) is 19.5. The van der Waals surface area contributed by atoms with Gasteiger partial charge in [-0.1, -0.05) is 91.1 Å². The highest BCUT2D eigenvalue weighted by molar-refractivity contribution is 7.20. The van der Waals surface area contributed by atoms with Crippen LogP contribution in [0.5, 0.6) is 0 Å². The van der Waals surface area contributed by atoms with Gasteiger partial charge in [-0.2, -0.15) is 0 Å². The number of unbranched alkanes of at least 4 members (excludes halogenated alkanes) is 3. The molecule has 79 heavy (non-hydrogen) atoms. The third kappa shape index (κ3) is 12.9. The predicted octanol–water partition coefficient (Wildman–Crippen LogP) is 6.62. The van der Waals surface area contributed by atoms with Crippen molar-refractivity contribution in [2.75, 3.05) is 13.1 Å². The molecule has 5 aromatic rings. The van der Waals surface area contributed by atoms with E-state index in [1.165, 1.54) is 39.0 Å². The predicted molar refractivity (Wildman–Crippen MR) is 290 cm³/mol. The monoisotopic (exact) mass is 1090 g/mol. The average Bonchev–Trinajstić information content (AvgIpc) is 4.35. The summed E-state index contributed by atoms with van der Waals surface area (Å²) in [4.78, 5) is 126. The van der Waals surface area contributed by atoms with Crippen LogP contribution in [0.2, 0.25) is 0 Å². The van der Waals surface area contributed by atoms with Gasteiger partial charge < -0.3 is 31.1 Å². The molecule has 4 aliphatic heterocycles. The lowest BCUT2D eigenvalue weighted by molar-refractivity contribution is -0.141. The van der Waals surface area contributed by atoms with Crippen molar-refractivity contribution in [3.05, 3.63) is 141 Å². The van der Waals surface area contributed by atoms with E-state index < -0.39 is 65.7 Å². The number of imide groups is 1. The molecular formula is C60H61F2N7O9S. The Morgan fingerprint density at radius 2 is 1.58 bits per heavy atom. The van der Waals surface area contributed by atoms with Crippen molar-refractivity contribution >= 4 is 74.5 Å². The first-order valence-corrected chi connectivity index (χ1v) is 27.5. The molecule has 1 unspecified atom stereocenters. The molecule has 1 aromatic heterocycles. The molecule has 5 N–H and O–H groups in total. The van der Waals surface area contributed by atoms with Gasteiger partial charge in [-0.3, -0.25) is 48.5 Å². The van der Waals surface area contributed by atoms with Crippen molar-refractivity contribution in [3.63, 3.8) is 0 Å². The molecule has 0 saturated carbocycles. The highest BCUT2D eigenvalue weighted by Gasteiger charge is 2.48. The second-order valence-electron chi connectivity index (χ2n) is 20.8. The van der Waals surface area contributed by atoms with Gasteiger partial charge in [-0.25, -0.2) is 8.78 Å². The zero-order valence-electron chi connectivity index (χ0n) is 43.6. The number of hydrogen-bond donors (Lipinski definition) is 4. The zero-order valence-corrected chi connectivity index (χ0v) is 44.5. The molecule has 9 rings (SSSR count). The molecule has 8 amide bonds. The number of nitrogens with two attached hydrogens (primary N) is 1. The summed E-state index contributed by atoms with van der Waals surface area (Å²) in [7, 11) is 0. The number of primary amides is 1. The Morgan fingerprint density at radius 3 is 2.28 bits per heavy atom. The maximum atomic E-state index is 14.9. The topological polar surface area (TPSA) is 225 Å². The van der Waals surface area contributed by atoms with Crippen LogP contribution >= 0.6 is 11.3 Å². The third-order valence-electron chi connectivity index (χ3n) is 15.3. The lowest BCUT2D eigenvalue weighted by Gasteiger charge is -2.31. The summed E-state index contributed by atoms with van der Waals surface area (Å²) in [6.07, 6.45) is 2.98. The van der Waals surface area contributed by atoms with Crippen LogP contribution in [0.4, 0.5) is 8.78 Å². The summed E-state index contributed by atoms with van der Waals surface area (Å²) in [6.45, 7) is 0.837. The summed E-state index contributed by atoms with van der Waals surface area (Å²) in [5.74, 6) is -1.45. The quantitative estimate of drug-likeness (QED) is 0.0396. The first-order chi connectivity index (χ1) is 37.9. The van der Waals surface area contributed by atoms with Crippen LogP contribution in [0.25, 0.3) is 10.1 Å². The minimum Gasteiger partial charge on any atom is -0.370 e. The Labute approximate surface area is 459 Å². The van der Waals surface area contributed by atoms with Crippen molar-refractivity contribution in [1.29, 1.82) is 0 Å². The van der Waals surface area contributed by atoms with Gasteiger partial charge in [0.25, 0.3) is 17.7 Å². The SMILES string of the molecule is CC(F)(F)c1ccc2sc(C(=O)N[C@H]3CN(C(=O)CCCCCC#Cc4cccc5c4CN(C4CCC(=O)NC4=O)C5=O)C[C@H]4CC[C@@H](C(=O)N[C@@H](CCC(N)=O)C(=O)CC(c5ccccc5)c5ccccc5)N4C3=O)cc2c1. The molecule has 0 radical (unpaired) electrons. The van der Waals surface area contributed by atoms with E-state index in [0.29, 0.717) is 53.3 Å². The van der Waals surface area contributed by atoms with Gasteiger partial charge in [-0.05, 0) is 90.9 Å². The van der Waals surface area contributed by atoms with Crippen LogP contribution in [0.3, 0.4) is 0 Å². The Morgan fingerprint density at radius 1 is 0.848 bits per heavy atom. The fourth-order valence-corrected chi connectivity index (χ4v) is 12.1. The molecule has 3 fully saturated rings. The van der Waals surface area contributed by atoms with Crippen molar-refractivity contribution < 1.29 is 51.9 Å². The number of carbonyl (C=O) groups excluding carboxylic acids is 9. The average molecular weight is 1090 g/mol. The van der Waals surface area contributed by atoms with Crippen LogP contribution in [0.15, 0.2) is 103 Å². The van der Waals surface area contributed by atoms with E-state index in [-0.39, 0.29) is 104 Å². The number of hydrogen-bond acceptors (Lipinski definition) is 10. The lowest BCUT2D eigenvalue weighted by Crippen LogP contribution is -2.57. The van der Waals surface area contributed by atoms with Gasteiger partial charge in [0.1, 0.15) is 18.1 Å². The van der Waals surface area contributed by atoms with Crippen LogP contribution in [0.1, 0.15) is 138 Å². The number of ketones is 1. The number of thiophene rings is 1. The molecule has 410 valence electrons. The Hall–Kier alpha value is -8.11. The van der Waals surface area contributed by atoms with E-state index in [4.69, 9.17) is 5.73 Å². The minimum absolute atomic E-state index is 0.0146. The number of benzene rings is 4. The summed E-state index contributed by atoms with van der Waals surface area (Å²) in [6, 6.07) is 24.8. The third-order valence-corrected chi connectivity index (χ3v) is 16.4. The Balaban J connectivity index is 0.880. The maximum Gasteiger partial charge on any atom is 0.270 e. The fourth-order valence-electron chi connectivity index (χ4n) is 11.1. The molecule has 19 heteroatoms. The molecule has 5 heterocycles. The number of nitrogens with one attached hydrogen (secondary N) is 3. The van der Waals surface area contributed by atoms with Gasteiger partial charge in [0.05, 0.1) is 17.0 Å². The zero-order chi connectivity index (χ0) is 56.0. The number of halogens is 2. The summed E-state index contributed by atoms with van der Waals surface area (Å²) in [5.41, 5.74) is 8.96. The summed E-state index contributed by atoms with van der Waals surface area (Å²) < 4.78 is 29.1. The largest absolute Gasteiger partial charge is 0.370 e. The Bertz CT molecular complexity index is 3220. The van der Waals surface area contributed by atoms with Crippen molar-refractivity contribution in [2.24, 2.45) is 5.73 Å². The molecule has 0 spiro atoms. The highest BCUT2D eigenvalue weighted by Crippen LogP contribution is 2.35. The van der Waals surface area contributed by atoms with Gasteiger partial charge in [0.2, 0.25) is 35.4 Å². The molecule has 0 bridgehead atoms. The van der Waals surface area contributed by atoms with Crippen molar-refractivity contribution in [1.82, 2.24) is 30.7 Å². The van der Waals surface area contributed by atoms with Crippen molar-refractivity contribution in [3.8, 4) is 11.8 Å². The van der Waals surface area contributed by atoms with E-state index in [1.54, 1.807) is 12.1 Å². The van der Waals surface area contributed by atoms with E-state index in [2.05, 4.69) is 27.8 Å². The number of fused-ring (bicyclic) bond motifs is 3. The van der Waals surface area contributed by atoms with Gasteiger partial charge in [0, 0.05) is 86.0 Å². The molecular weight excluding hydrogens is 1030 g/mol. The number of piperidine rings is 1. The molecule has 3 saturated heterocycles. The summed E-state index contributed by atoms with van der Waals surface area (Å²) in [5, 5.41) is 8.41. The number of nitrogens with zero attached hydrogens (tertiary/aromatic N) is 3. The van der Waals surface area contributed by atoms with Crippen LogP contribution in [-0.2, 0) is 46.0 Å². The molecule has 0 aliphatic carbocycles. The minimum atomic E-state index is -3.12. The van der Waals surface area contributed by atoms with E-state index in [0.717, 1.165) is 35.0 Å². The van der Waals surface area contributed by atoms with Crippen LogP contribution in [-0.4, -0.2) is 111 Å². The number of Topliss-reactive ketones (excluding diaryl/α,β-unsaturated/α-hetero) is 1. The number of carbonyl (C=O) groups is 9. The maximum absolute atomic E-state index is 14.9. The van der Waals surface area contributed by atoms with E-state index in [9.17, 15) is 51.9 Å². The first kappa shape index (κ1) is 55.6. The standard InChI is InChI=1S/C60H61F2N7O9S/c1-60(61,62)40-22-27-50-39(30-40)31-51(79-50)57(76)65-46-35-67(54(73)21-12-4-2-3-7-18-38-19-13-20-42-44(38)34-68(58(42)77)47-26-29-53(72)66-55(47)74)33-41-23-25-48(69(41)59(46)78)56(75)64-45(24-28-52(63)71)49(70)32-43(36-14-8-5-9-15-36)37-16-10-6-11-17-37/h5-6,8-11,13-17,19-20,22,27,30-31,41,43,45-48H,2-4,12,21,23-26,28-29,32-35H2,1H3,(H2,63,71)(H,64,75)(H,65,76)(H,66,72,74)/t41-,45+,46+,47?,48+/m1/s1. The van der Waals surface area contributed by atoms with Crippen molar-refractivity contribution in [2.45, 2.75) is 133 Å². The first-order valence-electron chi connectivity index (χ1n) is 26.7. The highest BCUT2D eigenvalue weighted by atomic mass is 32.1. The second kappa shape index (κ2) is 24.3. The number of alkyl halides is 2. The van der Waals surface area contributed by atoms with Crippen LogP contribution < -0.4 is 21.7 Å². The second-order valence-corrected chi connectivity index (χ2v) is 21.9.